The van der Waals surface area contributed by atoms with Crippen LogP contribution < -0.4 is 4.90 Å². The maximum atomic E-state index is 14.2. The average molecular weight is 426 g/mol. The highest BCUT2D eigenvalue weighted by atomic mass is 79.9. The molecule has 1 fully saturated rings. The van der Waals surface area contributed by atoms with Crippen LogP contribution in [0.5, 0.6) is 0 Å². The molecule has 0 bridgehead atoms. The van der Waals surface area contributed by atoms with Crippen molar-refractivity contribution in [3.05, 3.63) is 64.5 Å². The molecular weight excluding hydrogens is 409 g/mol. The number of anilines is 1. The van der Waals surface area contributed by atoms with E-state index >= 15 is 0 Å². The highest BCUT2D eigenvalue weighted by Crippen LogP contribution is 2.52. The predicted molar refractivity (Wildman–Crippen MR) is 106 cm³/mol. The largest absolute Gasteiger partial charge is 0.317 e. The van der Waals surface area contributed by atoms with Crippen molar-refractivity contribution in [1.82, 2.24) is 4.57 Å². The van der Waals surface area contributed by atoms with Gasteiger partial charge in [-0.05, 0) is 58.6 Å². The third kappa shape index (κ3) is 2.65. The Morgan fingerprint density at radius 2 is 2.00 bits per heavy atom. The fourth-order valence-corrected chi connectivity index (χ4v) is 4.02. The number of hydrogen-bond donors (Lipinski definition) is 0. The molecule has 1 aliphatic carbocycles. The first-order valence-electron chi connectivity index (χ1n) is 8.64. The van der Waals surface area contributed by atoms with Crippen molar-refractivity contribution in [2.75, 3.05) is 11.9 Å². The molecule has 6 heteroatoms. The van der Waals surface area contributed by atoms with Crippen molar-refractivity contribution in [1.29, 1.82) is 5.26 Å². The molecule has 1 aliphatic rings. The normalized spacial score (nSPS) is 21.1. The van der Waals surface area contributed by atoms with E-state index in [1.807, 2.05) is 37.3 Å². The molecule has 3 aromatic rings. The second-order valence-corrected chi connectivity index (χ2v) is 7.89. The molecular formula is C21H17BrFN3O. The van der Waals surface area contributed by atoms with Crippen LogP contribution in [0.1, 0.15) is 23.8 Å². The summed E-state index contributed by atoms with van der Waals surface area (Å²) in [6, 6.07) is 16.5. The van der Waals surface area contributed by atoms with Crippen molar-refractivity contribution in [2.24, 2.45) is 5.92 Å². The summed E-state index contributed by atoms with van der Waals surface area (Å²) in [6.07, 6.45) is 0.639. The minimum atomic E-state index is -0.815. The molecule has 2 atom stereocenters. The molecule has 136 valence electrons. The van der Waals surface area contributed by atoms with Gasteiger partial charge in [-0.3, -0.25) is 4.79 Å². The second-order valence-electron chi connectivity index (χ2n) is 7.03. The molecule has 2 aromatic carbocycles. The van der Waals surface area contributed by atoms with Crippen LogP contribution >= 0.6 is 15.9 Å². The summed E-state index contributed by atoms with van der Waals surface area (Å²) < 4.78 is 16.3. The molecule has 4 nitrogen and oxygen atoms in total. The lowest BCUT2D eigenvalue weighted by Crippen LogP contribution is -2.31. The fraction of sp³-hybridized carbons (Fsp3) is 0.238. The Labute approximate surface area is 164 Å². The van der Waals surface area contributed by atoms with E-state index in [-0.39, 0.29) is 11.8 Å². The van der Waals surface area contributed by atoms with E-state index in [9.17, 15) is 14.4 Å². The number of halogens is 2. The molecule has 0 radical (unpaired) electrons. The van der Waals surface area contributed by atoms with Gasteiger partial charge in [-0.1, -0.05) is 25.1 Å². The molecule has 1 aromatic heterocycles. The zero-order valence-corrected chi connectivity index (χ0v) is 16.5. The number of carbonyl (C=O) groups is 1. The molecule has 0 spiro atoms. The van der Waals surface area contributed by atoms with Gasteiger partial charge in [0.1, 0.15) is 17.1 Å². The number of amides is 1. The Balaban J connectivity index is 1.93. The van der Waals surface area contributed by atoms with Gasteiger partial charge in [0.05, 0.1) is 16.1 Å². The Bertz CT molecular complexity index is 1100. The lowest BCUT2D eigenvalue weighted by atomic mass is 10.2. The van der Waals surface area contributed by atoms with Crippen LogP contribution in [0.4, 0.5) is 10.1 Å². The van der Waals surface area contributed by atoms with Crippen molar-refractivity contribution >= 4 is 38.4 Å². The number of para-hydroxylation sites is 1. The predicted octanol–water partition coefficient (Wildman–Crippen LogP) is 5.08. The number of carbonyl (C=O) groups excluding carboxylic acids is 1. The van der Waals surface area contributed by atoms with Crippen LogP contribution in [0.15, 0.2) is 53.0 Å². The first-order valence-corrected chi connectivity index (χ1v) is 9.43. The van der Waals surface area contributed by atoms with Crippen LogP contribution in [-0.2, 0) is 5.54 Å². The van der Waals surface area contributed by atoms with E-state index in [1.165, 1.54) is 6.07 Å². The smallest absolute Gasteiger partial charge is 0.274 e. The number of nitrogens with zero attached hydrogens (tertiary/aromatic N) is 3. The Morgan fingerprint density at radius 1 is 1.33 bits per heavy atom. The van der Waals surface area contributed by atoms with Gasteiger partial charge in [0.2, 0.25) is 0 Å². The summed E-state index contributed by atoms with van der Waals surface area (Å²) in [5.41, 5.74) is 0.887. The van der Waals surface area contributed by atoms with Crippen LogP contribution in [0.3, 0.4) is 0 Å². The van der Waals surface area contributed by atoms with Crippen LogP contribution in [0.25, 0.3) is 10.9 Å². The molecule has 0 aliphatic heterocycles. The minimum Gasteiger partial charge on any atom is -0.317 e. The third-order valence-electron chi connectivity index (χ3n) is 5.38. The van der Waals surface area contributed by atoms with Crippen molar-refractivity contribution in [2.45, 2.75) is 18.9 Å². The Hall–Kier alpha value is -2.65. The standard InChI is InChI=1S/C21H17BrFN3O/c1-13-11-21(13,12-24)26-18-10-17(23)16(22)8-14(18)9-19(26)20(27)25(2)15-6-4-3-5-7-15/h3-10,13H,11H2,1-2H3/t13-,21+/m0/s1. The maximum Gasteiger partial charge on any atom is 0.274 e. The average Bonchev–Trinajstić information content (AvgIpc) is 3.20. The molecule has 1 amide bonds. The van der Waals surface area contributed by atoms with Gasteiger partial charge in [-0.2, -0.15) is 5.26 Å². The van der Waals surface area contributed by atoms with Crippen molar-refractivity contribution in [3.63, 3.8) is 0 Å². The number of aromatic nitrogens is 1. The third-order valence-corrected chi connectivity index (χ3v) is 5.98. The Kier molecular flexibility index (Phi) is 4.08. The Morgan fingerprint density at radius 3 is 2.59 bits per heavy atom. The minimum absolute atomic E-state index is 0.0957. The van der Waals surface area contributed by atoms with Gasteiger partial charge in [0.25, 0.3) is 5.91 Å². The summed E-state index contributed by atoms with van der Waals surface area (Å²) in [5, 5.41) is 10.6. The van der Waals surface area contributed by atoms with E-state index in [4.69, 9.17) is 0 Å². The van der Waals surface area contributed by atoms with Gasteiger partial charge < -0.3 is 9.47 Å². The first kappa shape index (κ1) is 17.7. The van der Waals surface area contributed by atoms with Gasteiger partial charge in [-0.25, -0.2) is 4.39 Å². The molecule has 27 heavy (non-hydrogen) atoms. The molecule has 0 N–H and O–H groups in total. The molecule has 4 rings (SSSR count). The number of fused-ring (bicyclic) bond motifs is 1. The SMILES string of the molecule is C[C@H]1C[C@]1(C#N)n1c(C(=O)N(C)c2ccccc2)cc2cc(Br)c(F)cc21. The zero-order valence-electron chi connectivity index (χ0n) is 14.9. The van der Waals surface area contributed by atoms with E-state index in [2.05, 4.69) is 22.0 Å². The van der Waals surface area contributed by atoms with Gasteiger partial charge in [0, 0.05) is 18.1 Å². The molecule has 0 unspecified atom stereocenters. The number of rotatable bonds is 3. The van der Waals surface area contributed by atoms with E-state index in [0.29, 0.717) is 22.1 Å². The van der Waals surface area contributed by atoms with E-state index < -0.39 is 11.4 Å². The summed E-state index contributed by atoms with van der Waals surface area (Å²) in [5.74, 6) is -0.556. The highest BCUT2D eigenvalue weighted by molar-refractivity contribution is 9.10. The van der Waals surface area contributed by atoms with E-state index in [0.717, 1.165) is 11.1 Å². The first-order chi connectivity index (χ1) is 12.9. The van der Waals surface area contributed by atoms with Crippen molar-refractivity contribution in [3.8, 4) is 6.07 Å². The summed E-state index contributed by atoms with van der Waals surface area (Å²) in [4.78, 5) is 14.8. The zero-order chi connectivity index (χ0) is 19.3. The van der Waals surface area contributed by atoms with Crippen LogP contribution in [-0.4, -0.2) is 17.5 Å². The molecule has 1 saturated carbocycles. The van der Waals surface area contributed by atoms with Crippen LogP contribution in [0, 0.1) is 23.1 Å². The topological polar surface area (TPSA) is 49.0 Å². The van der Waals surface area contributed by atoms with Gasteiger partial charge in [0.15, 0.2) is 0 Å². The van der Waals surface area contributed by atoms with Gasteiger partial charge in [-0.15, -0.1) is 0 Å². The lowest BCUT2D eigenvalue weighted by molar-refractivity contribution is 0.0982. The second kappa shape index (κ2) is 6.21. The molecule has 1 heterocycles. The number of nitriles is 1. The summed E-state index contributed by atoms with van der Waals surface area (Å²) in [6.45, 7) is 1.97. The monoisotopic (exact) mass is 425 g/mol. The number of hydrogen-bond acceptors (Lipinski definition) is 2. The quantitative estimate of drug-likeness (QED) is 0.587. The maximum absolute atomic E-state index is 14.2. The van der Waals surface area contributed by atoms with Gasteiger partial charge >= 0.3 is 0 Å². The number of benzene rings is 2. The highest BCUT2D eigenvalue weighted by Gasteiger charge is 2.55. The van der Waals surface area contributed by atoms with Crippen molar-refractivity contribution < 1.29 is 9.18 Å². The van der Waals surface area contributed by atoms with Crippen LogP contribution in [0.2, 0.25) is 0 Å². The lowest BCUT2D eigenvalue weighted by Gasteiger charge is -2.21. The van der Waals surface area contributed by atoms with E-state index in [1.54, 1.807) is 28.6 Å². The molecule has 0 saturated heterocycles. The summed E-state index contributed by atoms with van der Waals surface area (Å²) in [7, 11) is 1.70. The summed E-state index contributed by atoms with van der Waals surface area (Å²) >= 11 is 3.20. The fourth-order valence-electron chi connectivity index (χ4n) is 3.66.